The Hall–Kier alpha value is -1.30. The Morgan fingerprint density at radius 3 is 2.79 bits per heavy atom. The lowest BCUT2D eigenvalue weighted by molar-refractivity contribution is -0.385. The van der Waals surface area contributed by atoms with Crippen LogP contribution in [0.3, 0.4) is 0 Å². The van der Waals surface area contributed by atoms with Gasteiger partial charge in [-0.15, -0.1) is 0 Å². The van der Waals surface area contributed by atoms with E-state index in [1.807, 2.05) is 0 Å². The van der Waals surface area contributed by atoms with Crippen LogP contribution in [-0.4, -0.2) is 14.8 Å². The molecular formula is C6H6N2O5P-. The molecule has 1 atom stereocenters. The van der Waals surface area contributed by atoms with Crippen LogP contribution in [0, 0.1) is 10.1 Å². The van der Waals surface area contributed by atoms with E-state index < -0.39 is 24.4 Å². The van der Waals surface area contributed by atoms with Gasteiger partial charge in [-0.25, -0.2) is 0 Å². The Balaban J connectivity index is 3.08. The molecule has 0 aliphatic heterocycles. The highest BCUT2D eigenvalue weighted by atomic mass is 31.2. The van der Waals surface area contributed by atoms with E-state index in [2.05, 4.69) is 4.98 Å². The van der Waals surface area contributed by atoms with Crippen LogP contribution in [0.2, 0.25) is 0 Å². The van der Waals surface area contributed by atoms with E-state index in [1.54, 1.807) is 0 Å². The third kappa shape index (κ3) is 2.88. The van der Waals surface area contributed by atoms with Crippen molar-refractivity contribution in [1.82, 2.24) is 4.98 Å². The highest BCUT2D eigenvalue weighted by molar-refractivity contribution is 7.49. The van der Waals surface area contributed by atoms with Gasteiger partial charge < -0.3 is 14.4 Å². The van der Waals surface area contributed by atoms with Crippen LogP contribution >= 0.6 is 7.60 Å². The summed E-state index contributed by atoms with van der Waals surface area (Å²) in [6, 6.07) is 1.18. The van der Waals surface area contributed by atoms with E-state index >= 15 is 0 Å². The Morgan fingerprint density at radius 1 is 1.64 bits per heavy atom. The molecule has 0 aromatic carbocycles. The largest absolute Gasteiger partial charge is 0.778 e. The van der Waals surface area contributed by atoms with Gasteiger partial charge in [0.25, 0.3) is 5.69 Å². The molecule has 1 N–H and O–H groups in total. The maximum atomic E-state index is 10.5. The fourth-order valence-electron chi connectivity index (χ4n) is 0.928. The molecule has 0 amide bonds. The normalized spacial score (nSPS) is 14.7. The molecule has 0 fully saturated rings. The van der Waals surface area contributed by atoms with Crippen molar-refractivity contribution < 1.29 is 19.3 Å². The lowest BCUT2D eigenvalue weighted by atomic mass is 10.2. The van der Waals surface area contributed by atoms with Crippen molar-refractivity contribution in [3.05, 3.63) is 34.1 Å². The minimum atomic E-state index is -4.54. The second-order valence-electron chi connectivity index (χ2n) is 2.56. The highest BCUT2D eigenvalue weighted by Crippen LogP contribution is 2.36. The molecule has 0 bridgehead atoms. The highest BCUT2D eigenvalue weighted by Gasteiger charge is 2.16. The first-order valence-corrected chi connectivity index (χ1v) is 5.26. The van der Waals surface area contributed by atoms with E-state index in [9.17, 15) is 19.6 Å². The zero-order valence-electron chi connectivity index (χ0n) is 6.86. The molecule has 1 aromatic heterocycles. The molecule has 0 spiro atoms. The van der Waals surface area contributed by atoms with Crippen LogP contribution in [0.15, 0.2) is 18.5 Å². The van der Waals surface area contributed by atoms with E-state index in [1.165, 1.54) is 12.3 Å². The van der Waals surface area contributed by atoms with Crippen LogP contribution in [-0.2, 0) is 10.7 Å². The van der Waals surface area contributed by atoms with E-state index in [0.29, 0.717) is 0 Å². The van der Waals surface area contributed by atoms with Crippen molar-refractivity contribution in [3.8, 4) is 0 Å². The molecule has 7 nitrogen and oxygen atoms in total. The van der Waals surface area contributed by atoms with Gasteiger partial charge in [-0.1, -0.05) is 0 Å². The molecule has 0 saturated carbocycles. The summed E-state index contributed by atoms with van der Waals surface area (Å²) < 4.78 is 10.5. The standard InChI is InChI=1S/C6H7N2O5P/c9-8(10)6-3-7-2-1-5(6)4-14(11,12)13/h1-3H,4H2,(H2,11,12,13)/p-1. The second kappa shape index (κ2) is 3.83. The van der Waals surface area contributed by atoms with Crippen molar-refractivity contribution in [1.29, 1.82) is 0 Å². The summed E-state index contributed by atoms with van der Waals surface area (Å²) in [5, 5.41) is 10.4. The van der Waals surface area contributed by atoms with Crippen LogP contribution in [0.4, 0.5) is 5.69 Å². The van der Waals surface area contributed by atoms with Crippen LogP contribution in [0.25, 0.3) is 0 Å². The first-order chi connectivity index (χ1) is 6.40. The van der Waals surface area contributed by atoms with Gasteiger partial charge in [0.1, 0.15) is 13.8 Å². The quantitative estimate of drug-likeness (QED) is 0.433. The fourth-order valence-corrected chi connectivity index (χ4v) is 1.63. The van der Waals surface area contributed by atoms with E-state index in [0.717, 1.165) is 6.20 Å². The van der Waals surface area contributed by atoms with Gasteiger partial charge in [0.2, 0.25) is 0 Å². The van der Waals surface area contributed by atoms with Gasteiger partial charge in [-0.3, -0.25) is 15.1 Å². The third-order valence-electron chi connectivity index (χ3n) is 1.45. The predicted molar refractivity (Wildman–Crippen MR) is 44.4 cm³/mol. The SMILES string of the molecule is O=[N+]([O-])c1cnccc1CP(=O)([O-])O. The van der Waals surface area contributed by atoms with Crippen LogP contribution in [0.1, 0.15) is 5.56 Å². The average Bonchev–Trinajstić information content (AvgIpc) is 2.01. The number of hydrogen-bond donors (Lipinski definition) is 1. The Bertz CT molecular complexity index is 401. The molecule has 1 aromatic rings. The number of rotatable bonds is 3. The molecule has 0 radical (unpaired) electrons. The first kappa shape index (κ1) is 10.8. The van der Waals surface area contributed by atoms with Crippen molar-refractivity contribution in [2.45, 2.75) is 6.16 Å². The molecule has 0 aliphatic carbocycles. The minimum Gasteiger partial charge on any atom is -0.778 e. The fraction of sp³-hybridized carbons (Fsp3) is 0.167. The summed E-state index contributed by atoms with van der Waals surface area (Å²) in [7, 11) is -4.54. The Labute approximate surface area is 78.7 Å². The number of hydrogen-bond acceptors (Lipinski definition) is 5. The van der Waals surface area contributed by atoms with Gasteiger partial charge in [-0.05, 0) is 6.07 Å². The lowest BCUT2D eigenvalue weighted by Crippen LogP contribution is -2.04. The van der Waals surface area contributed by atoms with Crippen LogP contribution < -0.4 is 4.89 Å². The van der Waals surface area contributed by atoms with E-state index in [4.69, 9.17) is 4.89 Å². The molecule has 1 unspecified atom stereocenters. The molecule has 76 valence electrons. The van der Waals surface area contributed by atoms with Crippen molar-refractivity contribution >= 4 is 13.3 Å². The topological polar surface area (TPSA) is 116 Å². The number of nitro groups is 1. The summed E-state index contributed by atoms with van der Waals surface area (Å²) in [6.07, 6.45) is 1.40. The van der Waals surface area contributed by atoms with Gasteiger partial charge in [0.05, 0.1) is 4.92 Å². The predicted octanol–water partition coefficient (Wildman–Crippen LogP) is 0.0355. The van der Waals surface area contributed by atoms with Gasteiger partial charge in [-0.2, -0.15) is 0 Å². The van der Waals surface area contributed by atoms with Gasteiger partial charge in [0, 0.05) is 17.9 Å². The smallest absolute Gasteiger partial charge is 0.291 e. The van der Waals surface area contributed by atoms with E-state index in [-0.39, 0.29) is 5.56 Å². The summed E-state index contributed by atoms with van der Waals surface area (Å²) in [4.78, 5) is 32.2. The summed E-state index contributed by atoms with van der Waals surface area (Å²) in [5.41, 5.74) is -0.497. The Morgan fingerprint density at radius 2 is 2.29 bits per heavy atom. The third-order valence-corrected chi connectivity index (χ3v) is 2.19. The van der Waals surface area contributed by atoms with Gasteiger partial charge >= 0.3 is 0 Å². The van der Waals surface area contributed by atoms with Gasteiger partial charge in [0.15, 0.2) is 0 Å². The average molecular weight is 217 g/mol. The Kier molecular flexibility index (Phi) is 2.95. The summed E-state index contributed by atoms with van der Waals surface area (Å²) in [5.74, 6) is 0. The second-order valence-corrected chi connectivity index (χ2v) is 4.15. The maximum absolute atomic E-state index is 10.5. The minimum absolute atomic E-state index is 0.0779. The number of pyridine rings is 1. The summed E-state index contributed by atoms with van der Waals surface area (Å²) in [6.45, 7) is 0. The monoisotopic (exact) mass is 217 g/mol. The first-order valence-electron chi connectivity index (χ1n) is 3.50. The van der Waals surface area contributed by atoms with Crippen molar-refractivity contribution in [2.75, 3.05) is 0 Å². The molecule has 14 heavy (non-hydrogen) atoms. The zero-order valence-corrected chi connectivity index (χ0v) is 7.76. The molecule has 1 rings (SSSR count). The molecule has 0 saturated heterocycles. The number of nitrogens with zero attached hydrogens (tertiary/aromatic N) is 2. The number of aromatic nitrogens is 1. The molecule has 1 heterocycles. The zero-order chi connectivity index (χ0) is 10.8. The van der Waals surface area contributed by atoms with Crippen molar-refractivity contribution in [3.63, 3.8) is 0 Å². The molecule has 0 aliphatic rings. The van der Waals surface area contributed by atoms with Crippen LogP contribution in [0.5, 0.6) is 0 Å². The maximum Gasteiger partial charge on any atom is 0.291 e. The molecular weight excluding hydrogens is 211 g/mol. The summed E-state index contributed by atoms with van der Waals surface area (Å²) >= 11 is 0. The molecule has 8 heteroatoms. The van der Waals surface area contributed by atoms with Crippen molar-refractivity contribution in [2.24, 2.45) is 0 Å². The lowest BCUT2D eigenvalue weighted by Gasteiger charge is -2.14.